The van der Waals surface area contributed by atoms with Crippen molar-refractivity contribution in [2.24, 2.45) is 0 Å². The second kappa shape index (κ2) is 8.66. The number of ether oxygens (including phenoxy) is 1. The summed E-state index contributed by atoms with van der Waals surface area (Å²) >= 11 is 0. The number of carboxylic acid groups (broad SMARTS) is 1. The summed E-state index contributed by atoms with van der Waals surface area (Å²) in [7, 11) is 0. The maximum Gasteiger partial charge on any atom is 0.511 e. The van der Waals surface area contributed by atoms with E-state index in [1.165, 1.54) is 17.3 Å². The van der Waals surface area contributed by atoms with Gasteiger partial charge in [-0.15, -0.1) is 0 Å². The number of carbonyl (C=O) groups is 1. The third-order valence-corrected chi connectivity index (χ3v) is 5.07. The van der Waals surface area contributed by atoms with Gasteiger partial charge in [-0.05, 0) is 41.7 Å². The van der Waals surface area contributed by atoms with E-state index in [1.807, 2.05) is 22.8 Å². The molecule has 3 aromatic carbocycles. The summed E-state index contributed by atoms with van der Waals surface area (Å²) in [4.78, 5) is 23.5. The Hall–Kier alpha value is -3.86. The van der Waals surface area contributed by atoms with Crippen LogP contribution in [0.2, 0.25) is 0 Å². The lowest BCUT2D eigenvalue weighted by Gasteiger charge is -2.13. The van der Waals surface area contributed by atoms with Gasteiger partial charge in [0.15, 0.2) is 5.75 Å². The number of pyridine rings is 1. The minimum Gasteiger partial charge on any atom is -0.449 e. The van der Waals surface area contributed by atoms with E-state index in [-0.39, 0.29) is 5.75 Å². The fourth-order valence-electron chi connectivity index (χ4n) is 3.56. The molecule has 0 fully saturated rings. The molecule has 0 aliphatic carbocycles. The van der Waals surface area contributed by atoms with Gasteiger partial charge in [-0.3, -0.25) is 4.79 Å². The summed E-state index contributed by atoms with van der Waals surface area (Å²) < 4.78 is 6.55. The molecule has 4 aromatic rings. The van der Waals surface area contributed by atoms with Crippen LogP contribution in [0, 0.1) is 0 Å². The van der Waals surface area contributed by atoms with Crippen LogP contribution in [0.25, 0.3) is 10.9 Å². The average Bonchev–Trinajstić information content (AvgIpc) is 2.77. The fraction of sp³-hybridized carbons (Fsp3) is 0.120. The van der Waals surface area contributed by atoms with Crippen LogP contribution in [-0.4, -0.2) is 15.8 Å². The first kappa shape index (κ1) is 19.5. The van der Waals surface area contributed by atoms with Crippen LogP contribution in [0.1, 0.15) is 16.7 Å². The van der Waals surface area contributed by atoms with E-state index < -0.39 is 11.6 Å². The zero-order chi connectivity index (χ0) is 20.9. The fourth-order valence-corrected chi connectivity index (χ4v) is 3.56. The number of hydrogen-bond donors (Lipinski definition) is 1. The second-order valence-electron chi connectivity index (χ2n) is 7.14. The summed E-state index contributed by atoms with van der Waals surface area (Å²) in [6.07, 6.45) is 1.90. The van der Waals surface area contributed by atoms with Gasteiger partial charge in [-0.25, -0.2) is 4.79 Å². The molecule has 1 aromatic heterocycles. The molecule has 5 nitrogen and oxygen atoms in total. The molecule has 1 N–H and O–H groups in total. The number of fused-ring (bicyclic) bond motifs is 1. The van der Waals surface area contributed by atoms with Crippen LogP contribution in [0.15, 0.2) is 89.9 Å². The van der Waals surface area contributed by atoms with Gasteiger partial charge >= 0.3 is 6.16 Å². The zero-order valence-corrected chi connectivity index (χ0v) is 16.3. The lowest BCUT2D eigenvalue weighted by atomic mass is 10.0. The highest BCUT2D eigenvalue weighted by Gasteiger charge is 2.13. The monoisotopic (exact) mass is 399 g/mol. The van der Waals surface area contributed by atoms with Crippen LogP contribution in [0.4, 0.5) is 4.79 Å². The Bertz CT molecular complexity index is 1230. The van der Waals surface area contributed by atoms with Crippen LogP contribution in [0.5, 0.6) is 5.75 Å². The Kier molecular flexibility index (Phi) is 5.61. The molecule has 1 heterocycles. The molecule has 0 unspecified atom stereocenters. The van der Waals surface area contributed by atoms with Gasteiger partial charge in [-0.2, -0.15) is 0 Å². The normalized spacial score (nSPS) is 10.8. The number of para-hydroxylation sites is 1. The minimum absolute atomic E-state index is 0.194. The first-order valence-electron chi connectivity index (χ1n) is 9.75. The number of benzene rings is 3. The summed E-state index contributed by atoms with van der Waals surface area (Å²) in [5, 5.41) is 9.36. The first-order chi connectivity index (χ1) is 14.6. The Morgan fingerprint density at radius 3 is 2.10 bits per heavy atom. The maximum absolute atomic E-state index is 12.5. The SMILES string of the molecule is O=C(O)Oc1cn(Cc2ccc(CCc3ccccc3)cc2)c2ccccc2c1=O. The molecule has 30 heavy (non-hydrogen) atoms. The third kappa shape index (κ3) is 4.41. The van der Waals surface area contributed by atoms with E-state index in [9.17, 15) is 9.59 Å². The Labute approximate surface area is 173 Å². The summed E-state index contributed by atoms with van der Waals surface area (Å²) in [5.74, 6) is -0.194. The predicted octanol–water partition coefficient (Wildman–Crippen LogP) is 4.89. The smallest absolute Gasteiger partial charge is 0.449 e. The lowest BCUT2D eigenvalue weighted by Crippen LogP contribution is -2.16. The Morgan fingerprint density at radius 1 is 0.800 bits per heavy atom. The minimum atomic E-state index is -1.50. The number of aromatic nitrogens is 1. The van der Waals surface area contributed by atoms with Gasteiger partial charge in [0.05, 0.1) is 11.7 Å². The van der Waals surface area contributed by atoms with Gasteiger partial charge in [-0.1, -0.05) is 66.7 Å². The quantitative estimate of drug-likeness (QED) is 0.469. The number of rotatable bonds is 6. The molecule has 0 spiro atoms. The molecule has 0 aliphatic rings. The van der Waals surface area contributed by atoms with E-state index in [0.717, 1.165) is 23.9 Å². The van der Waals surface area contributed by atoms with E-state index in [2.05, 4.69) is 48.5 Å². The van der Waals surface area contributed by atoms with Crippen molar-refractivity contribution in [3.05, 3.63) is 112 Å². The molecule has 0 saturated heterocycles. The molecule has 0 radical (unpaired) electrons. The number of aryl methyl sites for hydroxylation is 2. The van der Waals surface area contributed by atoms with Gasteiger partial charge in [0.1, 0.15) is 0 Å². The molecular weight excluding hydrogens is 378 g/mol. The topological polar surface area (TPSA) is 68.5 Å². The molecule has 0 aliphatic heterocycles. The summed E-state index contributed by atoms with van der Waals surface area (Å²) in [5.41, 5.74) is 3.91. The van der Waals surface area contributed by atoms with Crippen molar-refractivity contribution in [3.63, 3.8) is 0 Å². The van der Waals surface area contributed by atoms with Crippen LogP contribution in [0.3, 0.4) is 0 Å². The highest BCUT2D eigenvalue weighted by molar-refractivity contribution is 5.81. The van der Waals surface area contributed by atoms with Crippen LogP contribution in [-0.2, 0) is 19.4 Å². The largest absolute Gasteiger partial charge is 0.511 e. The van der Waals surface area contributed by atoms with Gasteiger partial charge < -0.3 is 14.4 Å². The van der Waals surface area contributed by atoms with Crippen molar-refractivity contribution < 1.29 is 14.6 Å². The van der Waals surface area contributed by atoms with Crippen molar-refractivity contribution in [2.45, 2.75) is 19.4 Å². The van der Waals surface area contributed by atoms with Crippen LogP contribution < -0.4 is 10.2 Å². The van der Waals surface area contributed by atoms with E-state index in [0.29, 0.717) is 11.9 Å². The maximum atomic E-state index is 12.5. The molecule has 0 bridgehead atoms. The molecular formula is C25H21NO4. The molecule has 4 rings (SSSR count). The summed E-state index contributed by atoms with van der Waals surface area (Å²) in [6.45, 7) is 0.496. The van der Waals surface area contributed by atoms with Crippen molar-refractivity contribution in [2.75, 3.05) is 0 Å². The highest BCUT2D eigenvalue weighted by Crippen LogP contribution is 2.18. The molecule has 150 valence electrons. The van der Waals surface area contributed by atoms with Crippen molar-refractivity contribution >= 4 is 17.1 Å². The summed E-state index contributed by atoms with van der Waals surface area (Å²) in [6, 6.07) is 25.8. The molecule has 0 atom stereocenters. The third-order valence-electron chi connectivity index (χ3n) is 5.07. The molecule has 5 heteroatoms. The average molecular weight is 399 g/mol. The van der Waals surface area contributed by atoms with E-state index in [1.54, 1.807) is 12.1 Å². The lowest BCUT2D eigenvalue weighted by molar-refractivity contribution is 0.144. The Balaban J connectivity index is 1.57. The van der Waals surface area contributed by atoms with Gasteiger partial charge in [0.25, 0.3) is 0 Å². The first-order valence-corrected chi connectivity index (χ1v) is 9.75. The second-order valence-corrected chi connectivity index (χ2v) is 7.14. The number of hydrogen-bond acceptors (Lipinski definition) is 3. The van der Waals surface area contributed by atoms with Gasteiger partial charge in [0, 0.05) is 11.9 Å². The van der Waals surface area contributed by atoms with E-state index in [4.69, 9.17) is 9.84 Å². The standard InChI is InChI=1S/C25H21NO4/c27-24-21-8-4-5-9-22(21)26(17-23(24)30-25(28)29)16-20-14-12-19(13-15-20)11-10-18-6-2-1-3-7-18/h1-9,12-15,17H,10-11,16H2,(H,28,29). The van der Waals surface area contributed by atoms with E-state index >= 15 is 0 Å². The van der Waals surface area contributed by atoms with Crippen LogP contribution >= 0.6 is 0 Å². The highest BCUT2D eigenvalue weighted by atomic mass is 16.7. The Morgan fingerprint density at radius 2 is 1.40 bits per heavy atom. The van der Waals surface area contributed by atoms with Crippen molar-refractivity contribution in [3.8, 4) is 5.75 Å². The predicted molar refractivity (Wildman–Crippen MR) is 116 cm³/mol. The molecule has 0 amide bonds. The zero-order valence-electron chi connectivity index (χ0n) is 16.3. The van der Waals surface area contributed by atoms with Gasteiger partial charge in [0.2, 0.25) is 5.43 Å². The molecule has 0 saturated carbocycles. The van der Waals surface area contributed by atoms with Crippen molar-refractivity contribution in [1.29, 1.82) is 0 Å². The number of nitrogens with zero attached hydrogens (tertiary/aromatic N) is 1. The van der Waals surface area contributed by atoms with Crippen molar-refractivity contribution in [1.82, 2.24) is 4.57 Å².